The summed E-state index contributed by atoms with van der Waals surface area (Å²) < 4.78 is 32.1. The number of nitrogens with one attached hydrogen (secondary N) is 2. The number of hydrogen-bond donors (Lipinski definition) is 2. The van der Waals surface area contributed by atoms with E-state index in [1.54, 1.807) is 0 Å². The quantitative estimate of drug-likeness (QED) is 0.386. The molecule has 0 aliphatic rings. The number of rotatable bonds is 6. The topological polar surface area (TPSA) is 62.5 Å². The second-order valence-corrected chi connectivity index (χ2v) is 5.66. The van der Waals surface area contributed by atoms with Crippen LogP contribution in [0, 0.1) is 11.6 Å². The second kappa shape index (κ2) is 10.3. The molecule has 0 saturated heterocycles. The Labute approximate surface area is 163 Å². The number of guanidine groups is 1. The van der Waals surface area contributed by atoms with Gasteiger partial charge in [-0.2, -0.15) is 0 Å². The van der Waals surface area contributed by atoms with Gasteiger partial charge in [-0.1, -0.05) is 19.0 Å². The molecule has 0 aliphatic carbocycles. The monoisotopic (exact) mass is 464 g/mol. The molecule has 5 nitrogen and oxygen atoms in total. The molecule has 2 N–H and O–H groups in total. The summed E-state index contributed by atoms with van der Waals surface area (Å²) in [5, 5.41) is 10.1. The number of nitrogens with zero attached hydrogens (tertiary/aromatic N) is 2. The predicted molar refractivity (Wildman–Crippen MR) is 104 cm³/mol. The third-order valence-corrected chi connectivity index (χ3v) is 3.36. The lowest BCUT2D eigenvalue weighted by molar-refractivity contribution is 0.372. The average molecular weight is 464 g/mol. The van der Waals surface area contributed by atoms with E-state index in [9.17, 15) is 8.78 Å². The van der Waals surface area contributed by atoms with Crippen molar-refractivity contribution in [2.24, 2.45) is 4.99 Å². The van der Waals surface area contributed by atoms with Crippen molar-refractivity contribution in [1.29, 1.82) is 0 Å². The summed E-state index contributed by atoms with van der Waals surface area (Å²) in [6.45, 7) is 7.07. The van der Waals surface area contributed by atoms with E-state index in [1.807, 2.05) is 26.8 Å². The highest BCUT2D eigenvalue weighted by Gasteiger charge is 2.09. The van der Waals surface area contributed by atoms with E-state index in [1.165, 1.54) is 0 Å². The molecule has 1 heterocycles. The van der Waals surface area contributed by atoms with Crippen molar-refractivity contribution in [3.63, 3.8) is 0 Å². The summed E-state index contributed by atoms with van der Waals surface area (Å²) in [7, 11) is 0. The molecule has 0 atom stereocenters. The standard InChI is InChI=1S/C17H22F2N4O.HI/c1-4-20-17(21-9-12-7-13(18)5-6-15(12)19)22-10-14-8-16(11(2)3)23-24-14;/h5-8,11H,4,9-10H2,1-3H3,(H2,20,21,22);1H. The zero-order chi connectivity index (χ0) is 17.5. The first kappa shape index (κ1) is 21.3. The highest BCUT2D eigenvalue weighted by Crippen LogP contribution is 2.14. The molecule has 0 fully saturated rings. The summed E-state index contributed by atoms with van der Waals surface area (Å²) in [5.41, 5.74) is 1.09. The van der Waals surface area contributed by atoms with Gasteiger partial charge in [-0.15, -0.1) is 24.0 Å². The summed E-state index contributed by atoms with van der Waals surface area (Å²) in [6.07, 6.45) is 0. The maximum Gasteiger partial charge on any atom is 0.191 e. The highest BCUT2D eigenvalue weighted by molar-refractivity contribution is 14.0. The predicted octanol–water partition coefficient (Wildman–Crippen LogP) is 3.95. The zero-order valence-electron chi connectivity index (χ0n) is 14.5. The largest absolute Gasteiger partial charge is 0.359 e. The number of benzene rings is 1. The van der Waals surface area contributed by atoms with Gasteiger partial charge in [0.2, 0.25) is 0 Å². The van der Waals surface area contributed by atoms with Gasteiger partial charge < -0.3 is 15.2 Å². The molecule has 0 aliphatic heterocycles. The van der Waals surface area contributed by atoms with Gasteiger partial charge in [-0.3, -0.25) is 0 Å². The van der Waals surface area contributed by atoms with Crippen LogP contribution in [0.15, 0.2) is 33.8 Å². The van der Waals surface area contributed by atoms with Crippen LogP contribution in [0.3, 0.4) is 0 Å². The van der Waals surface area contributed by atoms with Crippen LogP contribution in [0.25, 0.3) is 0 Å². The van der Waals surface area contributed by atoms with Gasteiger partial charge in [0.15, 0.2) is 11.7 Å². The Morgan fingerprint density at radius 3 is 2.64 bits per heavy atom. The Hall–Kier alpha value is -1.71. The minimum atomic E-state index is -0.484. The Morgan fingerprint density at radius 1 is 1.24 bits per heavy atom. The lowest BCUT2D eigenvalue weighted by Crippen LogP contribution is -2.36. The van der Waals surface area contributed by atoms with Gasteiger partial charge >= 0.3 is 0 Å². The summed E-state index contributed by atoms with van der Waals surface area (Å²) in [5.74, 6) is 0.500. The third kappa shape index (κ3) is 6.60. The summed E-state index contributed by atoms with van der Waals surface area (Å²) >= 11 is 0. The number of hydrogen-bond acceptors (Lipinski definition) is 3. The molecule has 2 aromatic rings. The number of aromatic nitrogens is 1. The Bertz CT molecular complexity index is 704. The fourth-order valence-electron chi connectivity index (χ4n) is 2.03. The van der Waals surface area contributed by atoms with E-state index in [2.05, 4.69) is 20.8 Å². The smallest absolute Gasteiger partial charge is 0.191 e. The van der Waals surface area contributed by atoms with Crippen LogP contribution < -0.4 is 10.6 Å². The van der Waals surface area contributed by atoms with Crippen LogP contribution in [0.1, 0.15) is 43.7 Å². The molecule has 0 saturated carbocycles. The molecule has 0 bridgehead atoms. The molecule has 25 heavy (non-hydrogen) atoms. The first-order valence-corrected chi connectivity index (χ1v) is 7.91. The first-order chi connectivity index (χ1) is 11.5. The molecule has 1 aromatic carbocycles. The number of halogens is 3. The van der Waals surface area contributed by atoms with Crippen LogP contribution in [-0.2, 0) is 13.1 Å². The van der Waals surface area contributed by atoms with Crippen molar-refractivity contribution in [1.82, 2.24) is 15.8 Å². The highest BCUT2D eigenvalue weighted by atomic mass is 127. The van der Waals surface area contributed by atoms with Crippen molar-refractivity contribution in [2.75, 3.05) is 6.54 Å². The van der Waals surface area contributed by atoms with Crippen molar-refractivity contribution in [3.8, 4) is 0 Å². The van der Waals surface area contributed by atoms with E-state index in [-0.39, 0.29) is 36.1 Å². The molecule has 8 heteroatoms. The van der Waals surface area contributed by atoms with Crippen molar-refractivity contribution < 1.29 is 13.3 Å². The van der Waals surface area contributed by atoms with Gasteiger partial charge in [-0.25, -0.2) is 13.8 Å². The molecule has 0 amide bonds. The van der Waals surface area contributed by atoms with Gasteiger partial charge in [0.05, 0.1) is 18.8 Å². The van der Waals surface area contributed by atoms with E-state index in [4.69, 9.17) is 4.52 Å². The number of aliphatic imine (C=N–C) groups is 1. The maximum atomic E-state index is 13.6. The fraction of sp³-hybridized carbons (Fsp3) is 0.412. The Kier molecular flexibility index (Phi) is 8.81. The van der Waals surface area contributed by atoms with E-state index in [0.717, 1.165) is 23.9 Å². The van der Waals surface area contributed by atoms with Gasteiger partial charge in [0, 0.05) is 18.2 Å². The van der Waals surface area contributed by atoms with Gasteiger partial charge in [-0.05, 0) is 31.0 Å². The SMILES string of the molecule is CCNC(=NCc1cc(F)ccc1F)NCc1cc(C(C)C)no1.I. The summed E-state index contributed by atoms with van der Waals surface area (Å²) in [6, 6.07) is 5.21. The molecule has 138 valence electrons. The third-order valence-electron chi connectivity index (χ3n) is 3.36. The molecular weight excluding hydrogens is 441 g/mol. The first-order valence-electron chi connectivity index (χ1n) is 7.91. The minimum absolute atomic E-state index is 0. The molecule has 1 aromatic heterocycles. The zero-order valence-corrected chi connectivity index (χ0v) is 16.8. The van der Waals surface area contributed by atoms with Crippen molar-refractivity contribution in [2.45, 2.75) is 39.8 Å². The lowest BCUT2D eigenvalue weighted by Gasteiger charge is -2.10. The Balaban J connectivity index is 0.00000312. The van der Waals surface area contributed by atoms with Crippen LogP contribution in [-0.4, -0.2) is 17.7 Å². The van der Waals surface area contributed by atoms with Crippen molar-refractivity contribution in [3.05, 3.63) is 52.9 Å². The van der Waals surface area contributed by atoms with E-state index >= 15 is 0 Å². The van der Waals surface area contributed by atoms with Crippen LogP contribution in [0.4, 0.5) is 8.78 Å². The van der Waals surface area contributed by atoms with E-state index < -0.39 is 11.6 Å². The molecule has 0 unspecified atom stereocenters. The maximum absolute atomic E-state index is 13.6. The molecule has 2 rings (SSSR count). The Morgan fingerprint density at radius 2 is 2.00 bits per heavy atom. The van der Waals surface area contributed by atoms with Gasteiger partial charge in [0.25, 0.3) is 0 Å². The summed E-state index contributed by atoms with van der Waals surface area (Å²) in [4.78, 5) is 4.27. The van der Waals surface area contributed by atoms with Crippen LogP contribution in [0.5, 0.6) is 0 Å². The van der Waals surface area contributed by atoms with Crippen LogP contribution >= 0.6 is 24.0 Å². The van der Waals surface area contributed by atoms with Crippen LogP contribution in [0.2, 0.25) is 0 Å². The minimum Gasteiger partial charge on any atom is -0.359 e. The molecule has 0 spiro atoms. The fourth-order valence-corrected chi connectivity index (χ4v) is 2.03. The van der Waals surface area contributed by atoms with Gasteiger partial charge in [0.1, 0.15) is 11.6 Å². The van der Waals surface area contributed by atoms with E-state index in [0.29, 0.717) is 30.7 Å². The van der Waals surface area contributed by atoms with Crippen molar-refractivity contribution >= 4 is 29.9 Å². The normalized spacial score (nSPS) is 11.4. The molecular formula is C17H23F2IN4O. The second-order valence-electron chi connectivity index (χ2n) is 5.66. The average Bonchev–Trinajstić information content (AvgIpc) is 3.02. The molecule has 0 radical (unpaired) electrons. The lowest BCUT2D eigenvalue weighted by atomic mass is 10.1.